The Morgan fingerprint density at radius 1 is 1.17 bits per heavy atom. The van der Waals surface area contributed by atoms with Crippen LogP contribution < -0.4 is 0 Å². The quantitative estimate of drug-likeness (QED) is 0.313. The third-order valence-electron chi connectivity index (χ3n) is 10.5. The van der Waals surface area contributed by atoms with Crippen molar-refractivity contribution in [2.45, 2.75) is 50.9 Å². The summed E-state index contributed by atoms with van der Waals surface area (Å²) in [5.74, 6) is -0.347. The van der Waals surface area contributed by atoms with Gasteiger partial charge < -0.3 is 24.0 Å². The fourth-order valence-corrected chi connectivity index (χ4v) is 8.13. The predicted molar refractivity (Wildman–Crippen MR) is 165 cm³/mol. The molecule has 0 spiro atoms. The Morgan fingerprint density at radius 3 is 2.77 bits per heavy atom. The Bertz CT molecular complexity index is 1550. The number of hydrogen-bond acceptors (Lipinski definition) is 7. The normalized spacial score (nSPS) is 27.5. The van der Waals surface area contributed by atoms with Crippen molar-refractivity contribution in [2.75, 3.05) is 47.1 Å². The number of amides is 2. The van der Waals surface area contributed by atoms with Crippen molar-refractivity contribution in [3.63, 3.8) is 0 Å². The van der Waals surface area contributed by atoms with Crippen molar-refractivity contribution in [1.29, 1.82) is 0 Å². The van der Waals surface area contributed by atoms with Gasteiger partial charge in [-0.25, -0.2) is 4.79 Å². The zero-order chi connectivity index (χ0) is 33.3. The van der Waals surface area contributed by atoms with Gasteiger partial charge in [0.25, 0.3) is 0 Å². The van der Waals surface area contributed by atoms with Crippen LogP contribution in [0.25, 0.3) is 6.08 Å². The van der Waals surface area contributed by atoms with Crippen LogP contribution in [-0.4, -0.2) is 85.7 Å². The number of halogens is 3. The van der Waals surface area contributed by atoms with Crippen LogP contribution in [0.1, 0.15) is 58.4 Å². The molecule has 47 heavy (non-hydrogen) atoms. The number of rotatable bonds is 7. The molecule has 12 heteroatoms. The first-order valence-electron chi connectivity index (χ1n) is 16.1. The summed E-state index contributed by atoms with van der Waals surface area (Å²) in [5, 5.41) is 0. The summed E-state index contributed by atoms with van der Waals surface area (Å²) in [6, 6.07) is 7.87. The van der Waals surface area contributed by atoms with Gasteiger partial charge in [-0.15, -0.1) is 0 Å². The lowest BCUT2D eigenvalue weighted by Gasteiger charge is -2.37. The molecule has 1 saturated carbocycles. The van der Waals surface area contributed by atoms with Gasteiger partial charge in [-0.2, -0.15) is 13.2 Å². The monoisotopic (exact) mass is 655 g/mol. The third-order valence-corrected chi connectivity index (χ3v) is 10.5. The predicted octanol–water partition coefficient (Wildman–Crippen LogP) is 4.78. The summed E-state index contributed by atoms with van der Waals surface area (Å²) in [5.41, 5.74) is 0.362. The number of methoxy groups -OCH3 is 2. The molecule has 9 nitrogen and oxygen atoms in total. The number of nitrogens with zero attached hydrogens (tertiary/aromatic N) is 3. The van der Waals surface area contributed by atoms with Crippen molar-refractivity contribution in [3.8, 4) is 0 Å². The maximum atomic E-state index is 14.6. The van der Waals surface area contributed by atoms with E-state index in [-0.39, 0.29) is 42.8 Å². The van der Waals surface area contributed by atoms with Gasteiger partial charge in [0.05, 0.1) is 36.4 Å². The first-order valence-corrected chi connectivity index (χ1v) is 16.1. The number of benzene rings is 1. The van der Waals surface area contributed by atoms with E-state index in [2.05, 4.69) is 4.98 Å². The lowest BCUT2D eigenvalue weighted by molar-refractivity contribution is -0.144. The first kappa shape index (κ1) is 33.1. The van der Waals surface area contributed by atoms with Crippen molar-refractivity contribution in [1.82, 2.24) is 14.8 Å². The highest BCUT2D eigenvalue weighted by molar-refractivity contribution is 5.94. The highest BCUT2D eigenvalue weighted by Crippen LogP contribution is 2.54. The molecule has 4 aliphatic rings. The number of ether oxygens (including phenoxy) is 3. The molecule has 0 bridgehead atoms. The number of alkyl halides is 3. The van der Waals surface area contributed by atoms with Gasteiger partial charge in [-0.05, 0) is 78.8 Å². The number of carbonyl (C=O) groups excluding carboxylic acids is 3. The maximum absolute atomic E-state index is 14.6. The van der Waals surface area contributed by atoms with E-state index in [1.165, 1.54) is 13.2 Å². The van der Waals surface area contributed by atoms with Gasteiger partial charge >= 0.3 is 12.1 Å². The molecule has 6 rings (SSSR count). The number of fused-ring (bicyclic) bond motifs is 2. The van der Waals surface area contributed by atoms with E-state index in [0.717, 1.165) is 31.5 Å². The molecule has 252 valence electrons. The highest BCUT2D eigenvalue weighted by atomic mass is 19.4. The van der Waals surface area contributed by atoms with Gasteiger partial charge in [0.1, 0.15) is 0 Å². The summed E-state index contributed by atoms with van der Waals surface area (Å²) in [6.45, 7) is 2.28. The van der Waals surface area contributed by atoms with Crippen LogP contribution in [0.3, 0.4) is 0 Å². The molecule has 2 amide bonds. The highest BCUT2D eigenvalue weighted by Gasteiger charge is 2.59. The largest absolute Gasteiger partial charge is 0.465 e. The Labute approximate surface area is 272 Å². The fourth-order valence-electron chi connectivity index (χ4n) is 8.13. The van der Waals surface area contributed by atoms with E-state index < -0.39 is 23.1 Å². The zero-order valence-corrected chi connectivity index (χ0v) is 26.6. The molecule has 4 heterocycles. The Kier molecular flexibility index (Phi) is 9.44. The van der Waals surface area contributed by atoms with E-state index in [0.29, 0.717) is 67.4 Å². The first-order chi connectivity index (χ1) is 22.5. The second-order valence-electron chi connectivity index (χ2n) is 13.3. The second kappa shape index (κ2) is 13.4. The smallest absolute Gasteiger partial charge is 0.417 e. The number of carbonyl (C=O) groups is 3. The summed E-state index contributed by atoms with van der Waals surface area (Å²) in [7, 11) is 3.00. The topological polar surface area (TPSA) is 98.3 Å². The average molecular weight is 656 g/mol. The van der Waals surface area contributed by atoms with E-state index >= 15 is 0 Å². The molecule has 1 aromatic heterocycles. The lowest BCUT2D eigenvalue weighted by Crippen LogP contribution is -2.49. The van der Waals surface area contributed by atoms with Gasteiger partial charge in [-0.1, -0.05) is 12.1 Å². The van der Waals surface area contributed by atoms with Crippen molar-refractivity contribution < 1.29 is 41.8 Å². The molecular weight excluding hydrogens is 615 g/mol. The van der Waals surface area contributed by atoms with E-state index in [1.807, 2.05) is 0 Å². The van der Waals surface area contributed by atoms with Gasteiger partial charge in [0.2, 0.25) is 11.8 Å². The fraction of sp³-hybridized carbons (Fsp3) is 0.543. The molecule has 5 atom stereocenters. The number of pyridine rings is 1. The molecule has 2 unspecified atom stereocenters. The number of likely N-dealkylation sites (tertiary alicyclic amines) is 1. The lowest BCUT2D eigenvalue weighted by atomic mass is 9.78. The van der Waals surface area contributed by atoms with Crippen LogP contribution >= 0.6 is 0 Å². The summed E-state index contributed by atoms with van der Waals surface area (Å²) < 4.78 is 56.6. The minimum Gasteiger partial charge on any atom is -0.465 e. The van der Waals surface area contributed by atoms with Crippen LogP contribution in [0.2, 0.25) is 0 Å². The molecule has 1 aliphatic carbocycles. The number of aromatic nitrogens is 1. The molecule has 0 radical (unpaired) electrons. The van der Waals surface area contributed by atoms with Crippen LogP contribution in [0, 0.1) is 23.2 Å². The molecule has 0 N–H and O–H groups in total. The molecule has 3 aliphatic heterocycles. The zero-order valence-electron chi connectivity index (χ0n) is 26.6. The Hall–Kier alpha value is -3.77. The molecule has 2 saturated heterocycles. The molecule has 3 fully saturated rings. The Morgan fingerprint density at radius 2 is 2.00 bits per heavy atom. The number of esters is 1. The Balaban J connectivity index is 1.23. The number of hydrogen-bond donors (Lipinski definition) is 0. The summed E-state index contributed by atoms with van der Waals surface area (Å²) in [6.07, 6.45) is 2.94. The minimum atomic E-state index is -4.53. The van der Waals surface area contributed by atoms with Crippen LogP contribution in [0.15, 0.2) is 42.6 Å². The molecule has 1 aromatic carbocycles. The minimum absolute atomic E-state index is 0.00864. The van der Waals surface area contributed by atoms with Crippen LogP contribution in [0.5, 0.6) is 0 Å². The van der Waals surface area contributed by atoms with E-state index in [4.69, 9.17) is 14.2 Å². The van der Waals surface area contributed by atoms with Gasteiger partial charge in [0, 0.05) is 64.3 Å². The van der Waals surface area contributed by atoms with E-state index in [1.54, 1.807) is 47.3 Å². The van der Waals surface area contributed by atoms with Crippen molar-refractivity contribution in [2.24, 2.45) is 23.2 Å². The van der Waals surface area contributed by atoms with E-state index in [9.17, 15) is 27.6 Å². The van der Waals surface area contributed by atoms with Crippen LogP contribution in [-0.2, 0) is 42.9 Å². The maximum Gasteiger partial charge on any atom is 0.417 e. The van der Waals surface area contributed by atoms with Gasteiger partial charge in [-0.3, -0.25) is 14.6 Å². The molecular formula is C35H40F3N3O6. The second-order valence-corrected chi connectivity index (χ2v) is 13.3. The average Bonchev–Trinajstić information content (AvgIpc) is 3.61. The standard InChI is InChI=1S/C35H40F3N3O6/c1-45-30-20-47-11-9-24(30)13-23-14-28-19-41(31(42)7-6-22-4-3-5-25(12-22)32(43)46-2)21-34(28,16-23)33(44)40-10-8-29-26(18-40)15-27(17-39-29)35(36,37)38/h3-7,12,15,17,23-24,28,30H,8-11,13-14,16,18-21H2,1-2H3/b7-6+/t23-,24?,28+,30?,34+/m1/s1. The summed E-state index contributed by atoms with van der Waals surface area (Å²) >= 11 is 0. The van der Waals surface area contributed by atoms with Crippen LogP contribution in [0.4, 0.5) is 13.2 Å². The van der Waals surface area contributed by atoms with Crippen molar-refractivity contribution in [3.05, 3.63) is 70.6 Å². The van der Waals surface area contributed by atoms with Crippen molar-refractivity contribution >= 4 is 23.9 Å². The third kappa shape index (κ3) is 6.80. The molecule has 2 aromatic rings. The van der Waals surface area contributed by atoms with Gasteiger partial charge in [0.15, 0.2) is 0 Å². The summed E-state index contributed by atoms with van der Waals surface area (Å²) in [4.78, 5) is 47.5. The SMILES string of the molecule is COC(=O)c1cccc(/C=C/C(=O)N2C[C@@H]3C[C@@H](CC4CCOCC4OC)C[C@]3(C(=O)N3CCc4ncc(C(F)(F)F)cc4C3)C2)c1.